The number of hydrogen-bond acceptors (Lipinski definition) is 4. The molecule has 1 heterocycles. The largest absolute Gasteiger partial charge is 0.357 e. The molecule has 0 saturated carbocycles. The van der Waals surface area contributed by atoms with Crippen LogP contribution < -0.4 is 10.6 Å². The molecule has 142 valence electrons. The second-order valence-electron chi connectivity index (χ2n) is 5.99. The van der Waals surface area contributed by atoms with Crippen molar-refractivity contribution >= 4 is 27.3 Å². The molecule has 0 atom stereocenters. The Morgan fingerprint density at radius 1 is 1.12 bits per heavy atom. The lowest BCUT2D eigenvalue weighted by Gasteiger charge is -2.12. The zero-order valence-corrected chi connectivity index (χ0v) is 17.2. The minimum atomic E-state index is -3.40. The summed E-state index contributed by atoms with van der Waals surface area (Å²) in [6.07, 6.45) is 0. The molecule has 0 spiro atoms. The van der Waals surface area contributed by atoms with E-state index in [2.05, 4.69) is 34.7 Å². The molecule has 0 fully saturated rings. The first kappa shape index (κ1) is 20.4. The van der Waals surface area contributed by atoms with E-state index in [9.17, 15) is 8.42 Å². The van der Waals surface area contributed by atoms with Gasteiger partial charge in [-0.25, -0.2) is 17.7 Å². The van der Waals surface area contributed by atoms with Gasteiger partial charge in [0.15, 0.2) is 5.96 Å². The van der Waals surface area contributed by atoms with Crippen molar-refractivity contribution < 1.29 is 8.42 Å². The van der Waals surface area contributed by atoms with Crippen molar-refractivity contribution in [2.45, 2.75) is 31.8 Å². The number of benzene rings is 1. The van der Waals surface area contributed by atoms with Crippen LogP contribution in [0.25, 0.3) is 0 Å². The highest BCUT2D eigenvalue weighted by Gasteiger charge is 2.16. The van der Waals surface area contributed by atoms with Crippen molar-refractivity contribution in [1.82, 2.24) is 14.9 Å². The van der Waals surface area contributed by atoms with Crippen molar-refractivity contribution in [2.24, 2.45) is 4.99 Å². The number of aryl methyl sites for hydroxylation is 1. The first-order chi connectivity index (χ1) is 12.3. The highest BCUT2D eigenvalue weighted by Crippen LogP contribution is 2.15. The molecule has 2 aromatic rings. The maximum atomic E-state index is 12.1. The summed E-state index contributed by atoms with van der Waals surface area (Å²) in [6, 6.07) is 11.1. The van der Waals surface area contributed by atoms with Crippen molar-refractivity contribution in [3.63, 3.8) is 0 Å². The van der Waals surface area contributed by atoms with Gasteiger partial charge in [-0.1, -0.05) is 12.1 Å². The summed E-state index contributed by atoms with van der Waals surface area (Å²) >= 11 is 1.76. The van der Waals surface area contributed by atoms with Crippen LogP contribution in [0.15, 0.2) is 46.3 Å². The molecular weight excluding hydrogens is 368 g/mol. The maximum absolute atomic E-state index is 12.1. The Hall–Kier alpha value is -1.90. The fourth-order valence-electron chi connectivity index (χ4n) is 2.24. The van der Waals surface area contributed by atoms with Gasteiger partial charge in [0.05, 0.1) is 18.0 Å². The van der Waals surface area contributed by atoms with Crippen LogP contribution in [-0.2, 0) is 23.1 Å². The summed E-state index contributed by atoms with van der Waals surface area (Å²) in [5.41, 5.74) is 0.951. The maximum Gasteiger partial charge on any atom is 0.242 e. The van der Waals surface area contributed by atoms with E-state index >= 15 is 0 Å². The van der Waals surface area contributed by atoms with Gasteiger partial charge in [0, 0.05) is 30.4 Å². The SMILES string of the molecule is CCNC(=NCc1ccc(S(=O)(=O)N(C)C)cc1)NCc1ccc(C)s1. The molecule has 1 aromatic heterocycles. The molecule has 8 heteroatoms. The quantitative estimate of drug-likeness (QED) is 0.559. The number of thiophene rings is 1. The number of rotatable bonds is 7. The van der Waals surface area contributed by atoms with Crippen LogP contribution in [0.3, 0.4) is 0 Å². The molecule has 1 aromatic carbocycles. The van der Waals surface area contributed by atoms with E-state index in [1.54, 1.807) is 35.6 Å². The Morgan fingerprint density at radius 3 is 2.35 bits per heavy atom. The van der Waals surface area contributed by atoms with E-state index < -0.39 is 10.0 Å². The third-order valence-electron chi connectivity index (χ3n) is 3.69. The summed E-state index contributed by atoms with van der Waals surface area (Å²) in [5, 5.41) is 6.54. The van der Waals surface area contributed by atoms with E-state index in [4.69, 9.17) is 0 Å². The fraction of sp³-hybridized carbons (Fsp3) is 0.389. The monoisotopic (exact) mass is 394 g/mol. The normalized spacial score (nSPS) is 12.4. The van der Waals surface area contributed by atoms with E-state index in [0.717, 1.165) is 24.6 Å². The van der Waals surface area contributed by atoms with Gasteiger partial charge in [0.25, 0.3) is 0 Å². The van der Waals surface area contributed by atoms with Crippen molar-refractivity contribution in [2.75, 3.05) is 20.6 Å². The molecule has 6 nitrogen and oxygen atoms in total. The molecule has 0 saturated heterocycles. The van der Waals surface area contributed by atoms with Crippen molar-refractivity contribution in [1.29, 1.82) is 0 Å². The number of sulfonamides is 1. The predicted octanol–water partition coefficient (Wildman–Crippen LogP) is 2.56. The van der Waals surface area contributed by atoms with E-state index in [1.165, 1.54) is 28.2 Å². The predicted molar refractivity (Wildman–Crippen MR) is 108 cm³/mol. The second-order valence-corrected chi connectivity index (χ2v) is 9.52. The minimum Gasteiger partial charge on any atom is -0.357 e. The molecule has 26 heavy (non-hydrogen) atoms. The summed E-state index contributed by atoms with van der Waals surface area (Å²) in [4.78, 5) is 7.40. The van der Waals surface area contributed by atoms with Gasteiger partial charge < -0.3 is 10.6 Å². The second kappa shape index (κ2) is 9.16. The van der Waals surface area contributed by atoms with Crippen molar-refractivity contribution in [3.8, 4) is 0 Å². The smallest absolute Gasteiger partial charge is 0.242 e. The fourth-order valence-corrected chi connectivity index (χ4v) is 3.97. The lowest BCUT2D eigenvalue weighted by atomic mass is 10.2. The standard InChI is InChI=1S/C18H26N4O2S2/c1-5-19-18(21-13-16-9-6-14(2)25-16)20-12-15-7-10-17(11-8-15)26(23,24)22(3)4/h6-11H,5,12-13H2,1-4H3,(H2,19,20,21). The van der Waals surface area contributed by atoms with Gasteiger partial charge in [-0.05, 0) is 43.7 Å². The number of hydrogen-bond donors (Lipinski definition) is 2. The molecule has 0 aliphatic rings. The first-order valence-electron chi connectivity index (χ1n) is 8.42. The molecule has 0 aliphatic carbocycles. The molecule has 2 N–H and O–H groups in total. The van der Waals surface area contributed by atoms with Gasteiger partial charge in [-0.3, -0.25) is 0 Å². The van der Waals surface area contributed by atoms with Crippen LogP contribution in [-0.4, -0.2) is 39.3 Å². The van der Waals surface area contributed by atoms with Gasteiger partial charge in [-0.15, -0.1) is 11.3 Å². The van der Waals surface area contributed by atoms with E-state index in [1.807, 2.05) is 6.92 Å². The van der Waals surface area contributed by atoms with Crippen LogP contribution in [0.5, 0.6) is 0 Å². The average Bonchev–Trinajstić information content (AvgIpc) is 3.03. The summed E-state index contributed by atoms with van der Waals surface area (Å²) in [5.74, 6) is 0.739. The summed E-state index contributed by atoms with van der Waals surface area (Å²) < 4.78 is 25.4. The molecule has 0 unspecified atom stereocenters. The summed E-state index contributed by atoms with van der Waals surface area (Å²) in [6.45, 7) is 6.09. The molecule has 0 radical (unpaired) electrons. The summed E-state index contributed by atoms with van der Waals surface area (Å²) in [7, 11) is -0.347. The Labute approximate surface area is 160 Å². The van der Waals surface area contributed by atoms with Crippen LogP contribution in [0.2, 0.25) is 0 Å². The number of guanidine groups is 1. The van der Waals surface area contributed by atoms with Crippen LogP contribution in [0, 0.1) is 6.92 Å². The number of aliphatic imine (C=N–C) groups is 1. The van der Waals surface area contributed by atoms with Crippen molar-refractivity contribution in [3.05, 3.63) is 51.7 Å². The first-order valence-corrected chi connectivity index (χ1v) is 10.7. The molecule has 2 rings (SSSR count). The van der Waals surface area contributed by atoms with Gasteiger partial charge in [0.1, 0.15) is 0 Å². The Kier molecular flexibility index (Phi) is 7.19. The number of nitrogens with one attached hydrogen (secondary N) is 2. The number of nitrogens with zero attached hydrogens (tertiary/aromatic N) is 2. The Balaban J connectivity index is 2.02. The zero-order valence-electron chi connectivity index (χ0n) is 15.6. The molecular formula is C18H26N4O2S2. The Morgan fingerprint density at radius 2 is 1.81 bits per heavy atom. The highest BCUT2D eigenvalue weighted by atomic mass is 32.2. The highest BCUT2D eigenvalue weighted by molar-refractivity contribution is 7.89. The van der Waals surface area contributed by atoms with E-state index in [-0.39, 0.29) is 4.90 Å². The molecule has 0 aliphatic heterocycles. The van der Waals surface area contributed by atoms with Gasteiger partial charge in [0.2, 0.25) is 10.0 Å². The lowest BCUT2D eigenvalue weighted by molar-refractivity contribution is 0.520. The van der Waals surface area contributed by atoms with Gasteiger partial charge >= 0.3 is 0 Å². The van der Waals surface area contributed by atoms with Crippen LogP contribution >= 0.6 is 11.3 Å². The molecule has 0 bridgehead atoms. The Bertz CT molecular complexity index is 840. The topological polar surface area (TPSA) is 73.8 Å². The third-order valence-corrected chi connectivity index (χ3v) is 6.52. The molecule has 0 amide bonds. The van der Waals surface area contributed by atoms with E-state index in [0.29, 0.717) is 6.54 Å². The lowest BCUT2D eigenvalue weighted by Crippen LogP contribution is -2.36. The zero-order chi connectivity index (χ0) is 19.2. The third kappa shape index (κ3) is 5.55. The van der Waals surface area contributed by atoms with Gasteiger partial charge in [-0.2, -0.15) is 0 Å². The van der Waals surface area contributed by atoms with Crippen LogP contribution in [0.1, 0.15) is 22.2 Å². The van der Waals surface area contributed by atoms with Crippen LogP contribution in [0.4, 0.5) is 0 Å². The average molecular weight is 395 g/mol. The minimum absolute atomic E-state index is 0.285.